The van der Waals surface area contributed by atoms with Crippen LogP contribution in [0.15, 0.2) is 145 Å². The maximum atomic E-state index is 13.0. The second-order valence-electron chi connectivity index (χ2n) is 11.0. The summed E-state index contributed by atoms with van der Waals surface area (Å²) in [6.45, 7) is 2.36. The molecule has 1 heterocycles. The first-order chi connectivity index (χ1) is 23.9. The van der Waals surface area contributed by atoms with Crippen LogP contribution in [0.4, 0.5) is 11.4 Å². The average Bonchev–Trinajstić information content (AvgIpc) is 3.56. The first-order valence-electron chi connectivity index (χ1n) is 15.5. The molecule has 10 heteroatoms. The van der Waals surface area contributed by atoms with Gasteiger partial charge in [-0.15, -0.1) is 0 Å². The largest absolute Gasteiger partial charge is 0.489 e. The van der Waals surface area contributed by atoms with Crippen molar-refractivity contribution in [3.8, 4) is 22.7 Å². The smallest absolute Gasteiger partial charge is 0.329 e. The maximum Gasteiger partial charge on any atom is 0.329 e. The summed E-state index contributed by atoms with van der Waals surface area (Å²) in [5.41, 5.74) is 8.15. The molecule has 0 saturated carbocycles. The topological polar surface area (TPSA) is 127 Å². The Morgan fingerprint density at radius 3 is 2.24 bits per heavy atom. The lowest BCUT2D eigenvalue weighted by Crippen LogP contribution is -2.33. The van der Waals surface area contributed by atoms with Gasteiger partial charge in [-0.25, -0.2) is 10.1 Å². The van der Waals surface area contributed by atoms with Gasteiger partial charge in [-0.05, 0) is 78.7 Å². The van der Waals surface area contributed by atoms with Gasteiger partial charge in [-0.2, -0.15) is 10.2 Å². The van der Waals surface area contributed by atoms with E-state index in [0.717, 1.165) is 22.4 Å². The molecule has 0 bridgehead atoms. The Hall–Kier alpha value is -6.81. The van der Waals surface area contributed by atoms with Crippen molar-refractivity contribution in [1.29, 1.82) is 0 Å². The van der Waals surface area contributed by atoms with Crippen molar-refractivity contribution in [2.75, 3.05) is 10.6 Å². The molecule has 0 saturated heterocycles. The van der Waals surface area contributed by atoms with Gasteiger partial charge in [0.1, 0.15) is 18.1 Å². The maximum absolute atomic E-state index is 13.0. The fraction of sp³-hybridized carbons (Fsp3) is 0.0513. The number of para-hydroxylation sites is 2. The van der Waals surface area contributed by atoms with Gasteiger partial charge in [-0.1, -0.05) is 72.8 Å². The molecule has 0 spiro atoms. The normalized spacial score (nSPS) is 10.8. The van der Waals surface area contributed by atoms with Gasteiger partial charge in [-0.3, -0.25) is 14.4 Å². The number of hydrogen-bond donors (Lipinski definition) is 3. The summed E-state index contributed by atoms with van der Waals surface area (Å²) in [7, 11) is 0. The van der Waals surface area contributed by atoms with Gasteiger partial charge in [0.05, 0.1) is 23.2 Å². The molecule has 0 aliphatic heterocycles. The quantitative estimate of drug-likeness (QED) is 0.0859. The lowest BCUT2D eigenvalue weighted by atomic mass is 10.1. The van der Waals surface area contributed by atoms with E-state index in [4.69, 9.17) is 9.84 Å². The number of hydrogen-bond acceptors (Lipinski definition) is 6. The summed E-state index contributed by atoms with van der Waals surface area (Å²) in [6.07, 6.45) is 3.21. The lowest BCUT2D eigenvalue weighted by molar-refractivity contribution is -0.136. The zero-order chi connectivity index (χ0) is 34.0. The third-order valence-corrected chi connectivity index (χ3v) is 7.41. The molecule has 1 aromatic heterocycles. The van der Waals surface area contributed by atoms with Crippen LogP contribution in [0.25, 0.3) is 16.9 Å². The Kier molecular flexibility index (Phi) is 9.96. The molecule has 0 fully saturated rings. The highest BCUT2D eigenvalue weighted by Gasteiger charge is 2.18. The lowest BCUT2D eigenvalue weighted by Gasteiger charge is -2.11. The predicted molar refractivity (Wildman–Crippen MR) is 190 cm³/mol. The molecular formula is C39H32N6O4. The molecule has 3 N–H and O–H groups in total. The minimum atomic E-state index is -1.01. The molecule has 0 radical (unpaired) electrons. The van der Waals surface area contributed by atoms with E-state index in [0.29, 0.717) is 29.3 Å². The first-order valence-corrected chi connectivity index (χ1v) is 15.5. The molecule has 3 amide bonds. The standard InChI is InChI=1S/C39H32N6O4/c1-27-11-10-14-31(23-27)41-37(46)34-17-8-9-18-35(34)42-38(47)39(48)43-40-24-30-25-45(32-15-6-3-7-16-32)44-36(30)29-19-21-33(22-20-29)49-26-28-12-4-2-5-13-28/h2-25H,26H2,1H3,(H,41,46)(H,42,47)(H,43,48). The number of carbonyl (C=O) groups excluding carboxylic acids is 3. The van der Waals surface area contributed by atoms with Crippen molar-refractivity contribution in [3.63, 3.8) is 0 Å². The van der Waals surface area contributed by atoms with E-state index in [1.54, 1.807) is 41.2 Å². The number of anilines is 2. The van der Waals surface area contributed by atoms with Crippen LogP contribution in [-0.2, 0) is 16.2 Å². The molecular weight excluding hydrogens is 616 g/mol. The van der Waals surface area contributed by atoms with Crippen molar-refractivity contribution in [3.05, 3.63) is 162 Å². The van der Waals surface area contributed by atoms with Crippen molar-refractivity contribution in [1.82, 2.24) is 15.2 Å². The Morgan fingerprint density at radius 1 is 0.776 bits per heavy atom. The van der Waals surface area contributed by atoms with Crippen molar-refractivity contribution in [2.45, 2.75) is 13.5 Å². The van der Waals surface area contributed by atoms with Gasteiger partial charge in [0.2, 0.25) is 0 Å². The average molecular weight is 649 g/mol. The molecule has 242 valence electrons. The number of aryl methyl sites for hydroxylation is 1. The van der Waals surface area contributed by atoms with Crippen LogP contribution in [0.3, 0.4) is 0 Å². The van der Waals surface area contributed by atoms with Crippen molar-refractivity contribution in [2.24, 2.45) is 5.10 Å². The number of amides is 3. The second-order valence-corrected chi connectivity index (χ2v) is 11.0. The number of benzene rings is 5. The Bertz CT molecular complexity index is 2110. The van der Waals surface area contributed by atoms with Crippen LogP contribution in [0, 0.1) is 6.92 Å². The summed E-state index contributed by atoms with van der Waals surface area (Å²) >= 11 is 0. The predicted octanol–water partition coefficient (Wildman–Crippen LogP) is 6.77. The van der Waals surface area contributed by atoms with Crippen LogP contribution < -0.4 is 20.8 Å². The van der Waals surface area contributed by atoms with Gasteiger partial charge >= 0.3 is 11.8 Å². The number of nitrogens with zero attached hydrogens (tertiary/aromatic N) is 3. The third-order valence-electron chi connectivity index (χ3n) is 7.41. The number of ether oxygens (including phenoxy) is 1. The summed E-state index contributed by atoms with van der Waals surface area (Å²) in [5, 5.41) is 14.2. The minimum absolute atomic E-state index is 0.180. The fourth-order valence-corrected chi connectivity index (χ4v) is 4.97. The summed E-state index contributed by atoms with van der Waals surface area (Å²) in [6, 6.07) is 40.8. The van der Waals surface area contributed by atoms with E-state index in [9.17, 15) is 14.4 Å². The number of rotatable bonds is 10. The van der Waals surface area contributed by atoms with Gasteiger partial charge in [0.25, 0.3) is 5.91 Å². The van der Waals surface area contributed by atoms with Crippen LogP contribution in [0.5, 0.6) is 5.75 Å². The summed E-state index contributed by atoms with van der Waals surface area (Å²) in [4.78, 5) is 38.6. The summed E-state index contributed by atoms with van der Waals surface area (Å²) in [5.74, 6) is -1.72. The van der Waals surface area contributed by atoms with E-state index < -0.39 is 17.7 Å². The zero-order valence-electron chi connectivity index (χ0n) is 26.5. The second kappa shape index (κ2) is 15.2. The SMILES string of the molecule is Cc1cccc(NC(=O)c2ccccc2NC(=O)C(=O)NN=Cc2cn(-c3ccccc3)nc2-c2ccc(OCc3ccccc3)cc2)c1. The molecule has 49 heavy (non-hydrogen) atoms. The molecule has 10 nitrogen and oxygen atoms in total. The minimum Gasteiger partial charge on any atom is -0.489 e. The zero-order valence-corrected chi connectivity index (χ0v) is 26.5. The van der Waals surface area contributed by atoms with E-state index >= 15 is 0 Å². The van der Waals surface area contributed by atoms with E-state index in [1.807, 2.05) is 110 Å². The Morgan fingerprint density at radius 2 is 1.49 bits per heavy atom. The monoisotopic (exact) mass is 648 g/mol. The molecule has 6 rings (SSSR count). The highest BCUT2D eigenvalue weighted by atomic mass is 16.5. The van der Waals surface area contributed by atoms with Crippen molar-refractivity contribution < 1.29 is 19.1 Å². The molecule has 5 aromatic carbocycles. The number of hydrazone groups is 1. The number of carbonyl (C=O) groups is 3. The molecule has 6 aromatic rings. The number of nitrogens with one attached hydrogen (secondary N) is 3. The molecule has 0 aliphatic carbocycles. The van der Waals surface area contributed by atoms with Gasteiger partial charge in [0.15, 0.2) is 0 Å². The van der Waals surface area contributed by atoms with Crippen LogP contribution in [0.2, 0.25) is 0 Å². The van der Waals surface area contributed by atoms with E-state index in [1.165, 1.54) is 6.21 Å². The van der Waals surface area contributed by atoms with E-state index in [-0.39, 0.29) is 11.3 Å². The van der Waals surface area contributed by atoms with E-state index in [2.05, 4.69) is 21.2 Å². The number of aromatic nitrogens is 2. The fourth-order valence-electron chi connectivity index (χ4n) is 4.97. The first kappa shape index (κ1) is 32.1. The molecule has 0 atom stereocenters. The Balaban J connectivity index is 1.14. The van der Waals surface area contributed by atoms with Gasteiger partial charge < -0.3 is 15.4 Å². The van der Waals surface area contributed by atoms with Crippen LogP contribution in [0.1, 0.15) is 27.0 Å². The summed E-state index contributed by atoms with van der Waals surface area (Å²) < 4.78 is 7.65. The van der Waals surface area contributed by atoms with Gasteiger partial charge in [0, 0.05) is 23.0 Å². The van der Waals surface area contributed by atoms with Crippen molar-refractivity contribution >= 4 is 35.3 Å². The highest BCUT2D eigenvalue weighted by Crippen LogP contribution is 2.26. The Labute approximate surface area is 283 Å². The molecule has 0 unspecified atom stereocenters. The third kappa shape index (κ3) is 8.32. The molecule has 0 aliphatic rings. The van der Waals surface area contributed by atoms with Crippen LogP contribution in [-0.4, -0.2) is 33.7 Å². The van der Waals surface area contributed by atoms with Crippen LogP contribution >= 0.6 is 0 Å². The highest BCUT2D eigenvalue weighted by molar-refractivity contribution is 6.40.